The number of nitrogens with zero attached hydrogens (tertiary/aromatic N) is 3. The predicted octanol–water partition coefficient (Wildman–Crippen LogP) is 1.74. The number of carbonyl (C=O) groups excluding carboxylic acids is 2. The Morgan fingerprint density at radius 3 is 2.40 bits per heavy atom. The fourth-order valence-corrected chi connectivity index (χ4v) is 0.677. The van der Waals surface area contributed by atoms with Gasteiger partial charge in [-0.15, -0.1) is 0 Å². The molecule has 2 amide bonds. The topological polar surface area (TPSA) is 104 Å². The molecule has 7 heteroatoms. The van der Waals surface area contributed by atoms with E-state index in [0.29, 0.717) is 0 Å². The number of amides is 2. The maximum Gasteiger partial charge on any atom is 0.408 e. The Morgan fingerprint density at radius 2 is 2.00 bits per heavy atom. The molecule has 15 heavy (non-hydrogen) atoms. The van der Waals surface area contributed by atoms with Crippen LogP contribution in [0.4, 0.5) is 4.79 Å². The fraction of sp³-hybridized carbons (Fsp3) is 0.750. The molecule has 0 aromatic heterocycles. The average Bonchev–Trinajstić information content (AvgIpc) is 2.00. The minimum Gasteiger partial charge on any atom is -0.444 e. The lowest BCUT2D eigenvalue weighted by Gasteiger charge is -2.20. The van der Waals surface area contributed by atoms with Crippen molar-refractivity contribution in [2.45, 2.75) is 39.3 Å². The highest BCUT2D eigenvalue weighted by atomic mass is 16.6. The molecule has 0 fully saturated rings. The van der Waals surface area contributed by atoms with Gasteiger partial charge in [-0.2, -0.15) is 0 Å². The van der Waals surface area contributed by atoms with Crippen molar-refractivity contribution in [1.82, 2.24) is 5.32 Å². The first kappa shape index (κ1) is 13.2. The Labute approximate surface area is 87.4 Å². The van der Waals surface area contributed by atoms with E-state index in [1.165, 1.54) is 6.92 Å². The molecule has 1 atom stereocenters. The van der Waals surface area contributed by atoms with Crippen LogP contribution in [0.5, 0.6) is 0 Å². The van der Waals surface area contributed by atoms with Crippen LogP contribution in [0.1, 0.15) is 27.7 Å². The molecule has 0 unspecified atom stereocenters. The summed E-state index contributed by atoms with van der Waals surface area (Å²) in [6, 6.07) is -0.893. The van der Waals surface area contributed by atoms with Crippen LogP contribution in [-0.2, 0) is 9.53 Å². The molecule has 0 bridgehead atoms. The maximum atomic E-state index is 11.2. The van der Waals surface area contributed by atoms with Gasteiger partial charge in [0, 0.05) is 4.91 Å². The van der Waals surface area contributed by atoms with E-state index in [9.17, 15) is 9.59 Å². The number of rotatable bonds is 2. The molecule has 7 nitrogen and oxygen atoms in total. The average molecular weight is 214 g/mol. The zero-order chi connectivity index (χ0) is 12.1. The lowest BCUT2D eigenvalue weighted by Crippen LogP contribution is -2.41. The molecule has 0 aliphatic rings. The van der Waals surface area contributed by atoms with Gasteiger partial charge in [0.25, 0.3) is 0 Å². The Kier molecular flexibility index (Phi) is 4.60. The largest absolute Gasteiger partial charge is 0.444 e. The van der Waals surface area contributed by atoms with Crippen molar-refractivity contribution in [3.05, 3.63) is 10.4 Å². The minimum atomic E-state index is -0.893. The standard InChI is InChI=1S/C8H14N4O3/c1-5(6(13)11-12-9)10-7(14)15-8(2,3)4/h5H,1-4H3,(H,10,14)/t5-/m0/s1. The van der Waals surface area contributed by atoms with Crippen LogP contribution in [0.25, 0.3) is 10.4 Å². The van der Waals surface area contributed by atoms with Gasteiger partial charge in [0.2, 0.25) is 5.91 Å². The Morgan fingerprint density at radius 1 is 1.47 bits per heavy atom. The van der Waals surface area contributed by atoms with Gasteiger partial charge in [-0.1, -0.05) is 0 Å². The summed E-state index contributed by atoms with van der Waals surface area (Å²) in [5, 5.41) is 5.09. The van der Waals surface area contributed by atoms with Crippen molar-refractivity contribution in [3.8, 4) is 0 Å². The number of hydrogen-bond acceptors (Lipinski definition) is 3. The number of hydrogen-bond donors (Lipinski definition) is 1. The third-order valence-corrected chi connectivity index (χ3v) is 1.25. The first-order chi connectivity index (χ1) is 6.76. The van der Waals surface area contributed by atoms with Crippen LogP contribution < -0.4 is 5.32 Å². The number of alkyl carbamates (subject to hydrolysis) is 1. The molecule has 0 saturated carbocycles. The van der Waals surface area contributed by atoms with E-state index in [1.54, 1.807) is 20.8 Å². The summed E-state index contributed by atoms with van der Waals surface area (Å²) in [5.74, 6) is -0.761. The van der Waals surface area contributed by atoms with Crippen LogP contribution in [-0.4, -0.2) is 23.6 Å². The second-order valence-corrected chi connectivity index (χ2v) is 3.90. The van der Waals surface area contributed by atoms with Crippen molar-refractivity contribution < 1.29 is 14.3 Å². The third-order valence-electron chi connectivity index (χ3n) is 1.25. The first-order valence-corrected chi connectivity index (χ1v) is 4.34. The summed E-state index contributed by atoms with van der Waals surface area (Å²) < 4.78 is 4.90. The van der Waals surface area contributed by atoms with Crippen molar-refractivity contribution in [3.63, 3.8) is 0 Å². The van der Waals surface area contributed by atoms with Gasteiger partial charge in [0.15, 0.2) is 0 Å². The molecule has 0 aliphatic carbocycles. The van der Waals surface area contributed by atoms with Gasteiger partial charge in [0.1, 0.15) is 5.60 Å². The summed E-state index contributed by atoms with van der Waals surface area (Å²) >= 11 is 0. The van der Waals surface area contributed by atoms with E-state index >= 15 is 0 Å². The number of carbonyl (C=O) groups is 2. The summed E-state index contributed by atoms with van der Waals surface area (Å²) in [5.41, 5.74) is 7.37. The normalized spacial score (nSPS) is 12.3. The molecule has 0 spiro atoms. The summed E-state index contributed by atoms with van der Waals surface area (Å²) in [6.45, 7) is 6.51. The van der Waals surface area contributed by atoms with Crippen molar-refractivity contribution in [2.75, 3.05) is 0 Å². The maximum absolute atomic E-state index is 11.2. The van der Waals surface area contributed by atoms with Gasteiger partial charge >= 0.3 is 6.09 Å². The smallest absolute Gasteiger partial charge is 0.408 e. The van der Waals surface area contributed by atoms with E-state index in [2.05, 4.69) is 15.3 Å². The molecule has 84 valence electrons. The van der Waals surface area contributed by atoms with E-state index in [4.69, 9.17) is 10.3 Å². The second kappa shape index (κ2) is 5.21. The molecule has 0 radical (unpaired) electrons. The summed E-state index contributed by atoms with van der Waals surface area (Å²) in [4.78, 5) is 24.4. The van der Waals surface area contributed by atoms with Crippen LogP contribution in [0.2, 0.25) is 0 Å². The molecular formula is C8H14N4O3. The van der Waals surface area contributed by atoms with Crippen molar-refractivity contribution in [2.24, 2.45) is 5.11 Å². The monoisotopic (exact) mass is 214 g/mol. The Hall–Kier alpha value is -1.75. The summed E-state index contributed by atoms with van der Waals surface area (Å²) in [7, 11) is 0. The van der Waals surface area contributed by atoms with Gasteiger partial charge in [-0.3, -0.25) is 4.79 Å². The van der Waals surface area contributed by atoms with Crippen LogP contribution in [0, 0.1) is 0 Å². The lowest BCUT2D eigenvalue weighted by molar-refractivity contribution is -0.119. The number of azide groups is 1. The van der Waals surface area contributed by atoms with Gasteiger partial charge in [-0.05, 0) is 38.3 Å². The molecule has 0 heterocycles. The minimum absolute atomic E-state index is 0.634. The molecule has 0 aromatic carbocycles. The van der Waals surface area contributed by atoms with Crippen molar-refractivity contribution >= 4 is 12.0 Å². The van der Waals surface area contributed by atoms with E-state index in [0.717, 1.165) is 0 Å². The molecule has 0 aromatic rings. The SMILES string of the molecule is C[C@H](NC(=O)OC(C)(C)C)C(=O)N=[N+]=[N-]. The van der Waals surface area contributed by atoms with Gasteiger partial charge in [-0.25, -0.2) is 4.79 Å². The zero-order valence-corrected chi connectivity index (χ0v) is 9.14. The molecule has 0 saturated heterocycles. The fourth-order valence-electron chi connectivity index (χ4n) is 0.677. The molecular weight excluding hydrogens is 200 g/mol. The number of nitrogens with one attached hydrogen (secondary N) is 1. The Balaban J connectivity index is 4.19. The van der Waals surface area contributed by atoms with Gasteiger partial charge < -0.3 is 10.1 Å². The summed E-state index contributed by atoms with van der Waals surface area (Å²) in [6.07, 6.45) is -0.725. The highest BCUT2D eigenvalue weighted by Gasteiger charge is 2.20. The quantitative estimate of drug-likeness (QED) is 0.430. The molecule has 0 rings (SSSR count). The van der Waals surface area contributed by atoms with E-state index in [-0.39, 0.29) is 0 Å². The predicted molar refractivity (Wildman–Crippen MR) is 53.0 cm³/mol. The van der Waals surface area contributed by atoms with Crippen LogP contribution in [0.15, 0.2) is 5.11 Å². The number of ether oxygens (including phenoxy) is 1. The highest BCUT2D eigenvalue weighted by molar-refractivity contribution is 5.85. The lowest BCUT2D eigenvalue weighted by atomic mass is 10.2. The first-order valence-electron chi connectivity index (χ1n) is 4.34. The third kappa shape index (κ3) is 6.34. The van der Waals surface area contributed by atoms with Crippen LogP contribution in [0.3, 0.4) is 0 Å². The van der Waals surface area contributed by atoms with E-state index < -0.39 is 23.6 Å². The second-order valence-electron chi connectivity index (χ2n) is 3.90. The van der Waals surface area contributed by atoms with Gasteiger partial charge in [0.05, 0.1) is 6.04 Å². The van der Waals surface area contributed by atoms with Crippen LogP contribution >= 0.6 is 0 Å². The van der Waals surface area contributed by atoms with Crippen molar-refractivity contribution in [1.29, 1.82) is 0 Å². The zero-order valence-electron chi connectivity index (χ0n) is 9.14. The van der Waals surface area contributed by atoms with E-state index in [1.807, 2.05) is 0 Å². The molecule has 1 N–H and O–H groups in total. The molecule has 0 aliphatic heterocycles. The Bertz CT molecular complexity index is 301. The highest BCUT2D eigenvalue weighted by Crippen LogP contribution is 2.06.